The lowest BCUT2D eigenvalue weighted by Crippen LogP contribution is -2.34. The van der Waals surface area contributed by atoms with Gasteiger partial charge in [0.2, 0.25) is 0 Å². The van der Waals surface area contributed by atoms with Crippen LogP contribution in [0.1, 0.15) is 38.9 Å². The molecule has 1 aromatic carbocycles. The Bertz CT molecular complexity index is 571. The number of nitrogens with two attached hydrogens (primary N) is 1. The molecule has 0 saturated heterocycles. The van der Waals surface area contributed by atoms with Gasteiger partial charge in [-0.25, -0.2) is 9.59 Å². The van der Waals surface area contributed by atoms with Crippen LogP contribution in [0.5, 0.6) is 0 Å². The fraction of sp³-hybridized carbons (Fsp3) is 0.500. The van der Waals surface area contributed by atoms with Gasteiger partial charge in [0.25, 0.3) is 0 Å². The number of alkyl carbamates (subject to hydrolysis) is 1. The zero-order valence-corrected chi connectivity index (χ0v) is 14.1. The summed E-state index contributed by atoms with van der Waals surface area (Å²) in [7, 11) is 0. The Morgan fingerprint density at radius 3 is 2.54 bits per heavy atom. The molecule has 134 valence electrons. The summed E-state index contributed by atoms with van der Waals surface area (Å²) < 4.78 is 5.07. The largest absolute Gasteiger partial charge is 0.444 e. The summed E-state index contributed by atoms with van der Waals surface area (Å²) in [6.45, 7) is 5.39. The van der Waals surface area contributed by atoms with Gasteiger partial charge in [0, 0.05) is 12.2 Å². The average Bonchev–Trinajstić information content (AvgIpc) is 2.44. The standard InChI is InChI=1S/C16H25N3O5/c1-16(2,3)24-15(23)18-8-7-12(20)13(21)10-5-4-6-11(9-10)19-14(17)22/h4-6,9,12-13,20-21H,7-8H2,1-3H3,(H,18,23)(H3,17,19,22). The molecule has 0 aliphatic rings. The second kappa shape index (κ2) is 8.51. The monoisotopic (exact) mass is 339 g/mol. The van der Waals surface area contributed by atoms with Crippen LogP contribution in [-0.2, 0) is 4.74 Å². The van der Waals surface area contributed by atoms with Crippen LogP contribution in [-0.4, -0.2) is 40.6 Å². The lowest BCUT2D eigenvalue weighted by atomic mass is 10.0. The van der Waals surface area contributed by atoms with E-state index in [1.807, 2.05) is 0 Å². The molecule has 6 N–H and O–H groups in total. The van der Waals surface area contributed by atoms with E-state index in [0.29, 0.717) is 11.3 Å². The maximum absolute atomic E-state index is 11.5. The van der Waals surface area contributed by atoms with Crippen molar-refractivity contribution >= 4 is 17.8 Å². The van der Waals surface area contributed by atoms with E-state index < -0.39 is 29.9 Å². The van der Waals surface area contributed by atoms with Crippen LogP contribution in [0.25, 0.3) is 0 Å². The minimum Gasteiger partial charge on any atom is -0.444 e. The fourth-order valence-corrected chi connectivity index (χ4v) is 1.96. The highest BCUT2D eigenvalue weighted by molar-refractivity contribution is 5.87. The molecule has 8 heteroatoms. The Morgan fingerprint density at radius 2 is 1.96 bits per heavy atom. The van der Waals surface area contributed by atoms with Crippen LogP contribution in [0.3, 0.4) is 0 Å². The van der Waals surface area contributed by atoms with Crippen molar-refractivity contribution in [2.45, 2.75) is 45.0 Å². The molecule has 8 nitrogen and oxygen atoms in total. The average molecular weight is 339 g/mol. The number of carbonyl (C=O) groups is 2. The number of urea groups is 1. The first-order valence-corrected chi connectivity index (χ1v) is 7.58. The van der Waals surface area contributed by atoms with Gasteiger partial charge >= 0.3 is 12.1 Å². The quantitative estimate of drug-likeness (QED) is 0.535. The van der Waals surface area contributed by atoms with Crippen molar-refractivity contribution in [2.24, 2.45) is 5.73 Å². The molecule has 3 amide bonds. The topological polar surface area (TPSA) is 134 Å². The predicted molar refractivity (Wildman–Crippen MR) is 89.5 cm³/mol. The van der Waals surface area contributed by atoms with Gasteiger partial charge in [0.15, 0.2) is 0 Å². The van der Waals surface area contributed by atoms with E-state index in [1.54, 1.807) is 39.0 Å². The summed E-state index contributed by atoms with van der Waals surface area (Å²) in [6.07, 6.45) is -2.71. The van der Waals surface area contributed by atoms with Crippen LogP contribution in [0.15, 0.2) is 24.3 Å². The molecular weight excluding hydrogens is 314 g/mol. The Balaban J connectivity index is 2.51. The number of primary amides is 1. The Hall–Kier alpha value is -2.32. The summed E-state index contributed by atoms with van der Waals surface area (Å²) in [6, 6.07) is 5.64. The van der Waals surface area contributed by atoms with Crippen molar-refractivity contribution in [1.29, 1.82) is 0 Å². The van der Waals surface area contributed by atoms with E-state index >= 15 is 0 Å². The normalized spacial score (nSPS) is 13.7. The third-order valence-electron chi connectivity index (χ3n) is 2.97. The Morgan fingerprint density at radius 1 is 1.29 bits per heavy atom. The Kier molecular flexibility index (Phi) is 6.99. The zero-order chi connectivity index (χ0) is 18.3. The van der Waals surface area contributed by atoms with Crippen molar-refractivity contribution in [2.75, 3.05) is 11.9 Å². The summed E-state index contributed by atoms with van der Waals surface area (Å²) in [5.41, 5.74) is 5.27. The second-order valence-electron chi connectivity index (χ2n) is 6.34. The summed E-state index contributed by atoms with van der Waals surface area (Å²) >= 11 is 0. The summed E-state index contributed by atoms with van der Waals surface area (Å²) in [5.74, 6) is 0. The third kappa shape index (κ3) is 7.30. The second-order valence-corrected chi connectivity index (χ2v) is 6.34. The molecule has 0 bridgehead atoms. The number of nitrogens with one attached hydrogen (secondary N) is 2. The van der Waals surface area contributed by atoms with E-state index in [9.17, 15) is 19.8 Å². The van der Waals surface area contributed by atoms with Crippen LogP contribution in [0, 0.1) is 0 Å². The van der Waals surface area contributed by atoms with Gasteiger partial charge in [-0.2, -0.15) is 0 Å². The first-order chi connectivity index (χ1) is 11.1. The molecule has 0 aromatic heterocycles. The van der Waals surface area contributed by atoms with Gasteiger partial charge in [0.05, 0.1) is 6.10 Å². The summed E-state index contributed by atoms with van der Waals surface area (Å²) in [4.78, 5) is 22.3. The zero-order valence-electron chi connectivity index (χ0n) is 14.1. The van der Waals surface area contributed by atoms with E-state index in [2.05, 4.69) is 10.6 Å². The highest BCUT2D eigenvalue weighted by Gasteiger charge is 2.20. The maximum atomic E-state index is 11.5. The van der Waals surface area contributed by atoms with E-state index in [-0.39, 0.29) is 13.0 Å². The molecule has 0 aliphatic carbocycles. The van der Waals surface area contributed by atoms with Crippen molar-refractivity contribution in [3.8, 4) is 0 Å². The van der Waals surface area contributed by atoms with Crippen molar-refractivity contribution in [1.82, 2.24) is 5.32 Å². The molecule has 0 heterocycles. The van der Waals surface area contributed by atoms with Crippen molar-refractivity contribution in [3.63, 3.8) is 0 Å². The molecule has 2 atom stereocenters. The van der Waals surface area contributed by atoms with E-state index in [4.69, 9.17) is 10.5 Å². The highest BCUT2D eigenvalue weighted by Crippen LogP contribution is 2.22. The van der Waals surface area contributed by atoms with Gasteiger partial charge in [0.1, 0.15) is 11.7 Å². The first-order valence-electron chi connectivity index (χ1n) is 7.58. The fourth-order valence-electron chi connectivity index (χ4n) is 1.96. The smallest absolute Gasteiger partial charge is 0.407 e. The van der Waals surface area contributed by atoms with Gasteiger partial charge < -0.3 is 31.3 Å². The molecule has 24 heavy (non-hydrogen) atoms. The number of aliphatic hydroxyl groups excluding tert-OH is 2. The molecule has 0 aliphatic heterocycles. The number of ether oxygens (including phenoxy) is 1. The van der Waals surface area contributed by atoms with Gasteiger partial charge in [-0.1, -0.05) is 12.1 Å². The molecular formula is C16H25N3O5. The molecule has 0 spiro atoms. The SMILES string of the molecule is CC(C)(C)OC(=O)NCCC(O)C(O)c1cccc(NC(N)=O)c1. The molecule has 1 aromatic rings. The molecule has 0 fully saturated rings. The van der Waals surface area contributed by atoms with Gasteiger partial charge in [-0.15, -0.1) is 0 Å². The maximum Gasteiger partial charge on any atom is 0.407 e. The van der Waals surface area contributed by atoms with Crippen LogP contribution >= 0.6 is 0 Å². The number of amides is 3. The summed E-state index contributed by atoms with van der Waals surface area (Å²) in [5, 5.41) is 25.1. The number of carbonyl (C=O) groups excluding carboxylic acids is 2. The molecule has 2 unspecified atom stereocenters. The lowest BCUT2D eigenvalue weighted by molar-refractivity contribution is 0.0123. The number of benzene rings is 1. The van der Waals surface area contributed by atoms with Crippen molar-refractivity contribution in [3.05, 3.63) is 29.8 Å². The Labute approximate surface area is 141 Å². The van der Waals surface area contributed by atoms with E-state index in [1.165, 1.54) is 6.07 Å². The number of rotatable bonds is 6. The third-order valence-corrected chi connectivity index (χ3v) is 2.97. The predicted octanol–water partition coefficient (Wildman–Crippen LogP) is 1.49. The number of hydrogen-bond donors (Lipinski definition) is 5. The van der Waals surface area contributed by atoms with Gasteiger partial charge in [-0.3, -0.25) is 0 Å². The number of hydrogen-bond acceptors (Lipinski definition) is 5. The minimum atomic E-state index is -1.17. The number of anilines is 1. The minimum absolute atomic E-state index is 0.133. The lowest BCUT2D eigenvalue weighted by Gasteiger charge is -2.21. The van der Waals surface area contributed by atoms with Crippen LogP contribution < -0.4 is 16.4 Å². The van der Waals surface area contributed by atoms with Gasteiger partial charge in [-0.05, 0) is 44.9 Å². The number of aliphatic hydroxyl groups is 2. The first kappa shape index (κ1) is 19.7. The highest BCUT2D eigenvalue weighted by atomic mass is 16.6. The van der Waals surface area contributed by atoms with Crippen LogP contribution in [0.2, 0.25) is 0 Å². The van der Waals surface area contributed by atoms with Crippen molar-refractivity contribution < 1.29 is 24.5 Å². The van der Waals surface area contributed by atoms with E-state index in [0.717, 1.165) is 0 Å². The van der Waals surface area contributed by atoms with Crippen LogP contribution in [0.4, 0.5) is 15.3 Å². The molecule has 1 rings (SSSR count). The molecule has 0 saturated carbocycles. The molecule has 0 radical (unpaired) electrons.